The standard InChI is InChI=1S/C14H16O5S/c1-18-12-7-9(13(15)14(16)17)4-5-11(12)19-10-3-2-6-20-8-10/h4-5,7,10H,2-3,6,8H2,1H3,(H,16,17). The summed E-state index contributed by atoms with van der Waals surface area (Å²) >= 11 is 1.85. The van der Waals surface area contributed by atoms with Crippen molar-refractivity contribution in [1.29, 1.82) is 0 Å². The van der Waals surface area contributed by atoms with Crippen LogP contribution in [-0.4, -0.2) is 41.6 Å². The van der Waals surface area contributed by atoms with Crippen LogP contribution in [0.5, 0.6) is 11.5 Å². The van der Waals surface area contributed by atoms with Crippen LogP contribution in [0.2, 0.25) is 0 Å². The predicted octanol–water partition coefficient (Wildman–Crippen LogP) is 2.24. The summed E-state index contributed by atoms with van der Waals surface area (Å²) in [5, 5.41) is 8.71. The van der Waals surface area contributed by atoms with Gasteiger partial charge in [-0.1, -0.05) is 0 Å². The van der Waals surface area contributed by atoms with Gasteiger partial charge in [0, 0.05) is 11.3 Å². The van der Waals surface area contributed by atoms with E-state index in [1.54, 1.807) is 6.07 Å². The maximum atomic E-state index is 11.4. The SMILES string of the molecule is COc1cc(C(=O)C(=O)O)ccc1OC1CCCSC1. The predicted molar refractivity (Wildman–Crippen MR) is 75.9 cm³/mol. The van der Waals surface area contributed by atoms with E-state index in [1.165, 1.54) is 19.2 Å². The molecule has 1 aliphatic rings. The fraction of sp³-hybridized carbons (Fsp3) is 0.429. The summed E-state index contributed by atoms with van der Waals surface area (Å²) in [6, 6.07) is 4.44. The van der Waals surface area contributed by atoms with Gasteiger partial charge in [-0.05, 0) is 36.8 Å². The highest BCUT2D eigenvalue weighted by Crippen LogP contribution is 2.31. The van der Waals surface area contributed by atoms with Crippen molar-refractivity contribution >= 4 is 23.5 Å². The van der Waals surface area contributed by atoms with Crippen molar-refractivity contribution in [2.45, 2.75) is 18.9 Å². The van der Waals surface area contributed by atoms with Gasteiger partial charge in [0.2, 0.25) is 0 Å². The van der Waals surface area contributed by atoms with Crippen LogP contribution >= 0.6 is 11.8 Å². The Bertz CT molecular complexity index is 508. The summed E-state index contributed by atoms with van der Waals surface area (Å²) in [5.41, 5.74) is 0.0831. The van der Waals surface area contributed by atoms with E-state index in [0.29, 0.717) is 11.5 Å². The zero-order valence-electron chi connectivity index (χ0n) is 11.1. The highest BCUT2D eigenvalue weighted by Gasteiger charge is 2.20. The van der Waals surface area contributed by atoms with Crippen LogP contribution in [0, 0.1) is 0 Å². The van der Waals surface area contributed by atoms with Crippen molar-refractivity contribution in [1.82, 2.24) is 0 Å². The molecule has 6 heteroatoms. The number of rotatable bonds is 5. The van der Waals surface area contributed by atoms with E-state index in [2.05, 4.69) is 0 Å². The molecule has 1 aromatic rings. The van der Waals surface area contributed by atoms with E-state index in [1.807, 2.05) is 11.8 Å². The minimum absolute atomic E-state index is 0.0831. The lowest BCUT2D eigenvalue weighted by Crippen LogP contribution is -2.23. The van der Waals surface area contributed by atoms with Crippen molar-refractivity contribution in [2.75, 3.05) is 18.6 Å². The molecule has 108 valence electrons. The Morgan fingerprint density at radius 2 is 2.15 bits per heavy atom. The Balaban J connectivity index is 2.17. The molecule has 1 saturated heterocycles. The van der Waals surface area contributed by atoms with Gasteiger partial charge in [0.05, 0.1) is 7.11 Å². The third-order valence-corrected chi connectivity index (χ3v) is 4.22. The number of thioether (sulfide) groups is 1. The molecule has 0 spiro atoms. The molecule has 20 heavy (non-hydrogen) atoms. The summed E-state index contributed by atoms with van der Waals surface area (Å²) in [4.78, 5) is 22.1. The van der Waals surface area contributed by atoms with Crippen molar-refractivity contribution in [3.63, 3.8) is 0 Å². The van der Waals surface area contributed by atoms with Gasteiger partial charge in [0.15, 0.2) is 11.5 Å². The second-order valence-electron chi connectivity index (χ2n) is 4.46. The van der Waals surface area contributed by atoms with Crippen LogP contribution in [0.4, 0.5) is 0 Å². The first-order valence-electron chi connectivity index (χ1n) is 6.32. The van der Waals surface area contributed by atoms with Crippen molar-refractivity contribution in [2.24, 2.45) is 0 Å². The third kappa shape index (κ3) is 3.45. The molecule has 1 N–H and O–H groups in total. The van der Waals surface area contributed by atoms with Crippen LogP contribution in [0.25, 0.3) is 0 Å². The number of carbonyl (C=O) groups excluding carboxylic acids is 1. The highest BCUT2D eigenvalue weighted by atomic mass is 32.2. The maximum Gasteiger partial charge on any atom is 0.377 e. The van der Waals surface area contributed by atoms with Gasteiger partial charge in [-0.3, -0.25) is 4.79 Å². The van der Waals surface area contributed by atoms with E-state index in [9.17, 15) is 9.59 Å². The van der Waals surface area contributed by atoms with Crippen molar-refractivity contribution in [3.05, 3.63) is 23.8 Å². The Morgan fingerprint density at radius 1 is 1.35 bits per heavy atom. The summed E-state index contributed by atoms with van der Waals surface area (Å²) in [6.45, 7) is 0. The number of carboxylic acid groups (broad SMARTS) is 1. The normalized spacial score (nSPS) is 18.4. The maximum absolute atomic E-state index is 11.4. The minimum Gasteiger partial charge on any atom is -0.493 e. The van der Waals surface area contributed by atoms with Gasteiger partial charge in [0.25, 0.3) is 5.78 Å². The third-order valence-electron chi connectivity index (χ3n) is 3.03. The first-order valence-corrected chi connectivity index (χ1v) is 7.47. The number of ether oxygens (including phenoxy) is 2. The van der Waals surface area contributed by atoms with Gasteiger partial charge < -0.3 is 14.6 Å². The van der Waals surface area contributed by atoms with Gasteiger partial charge in [0.1, 0.15) is 6.10 Å². The summed E-state index contributed by atoms with van der Waals surface area (Å²) in [6.07, 6.45) is 2.24. The van der Waals surface area contributed by atoms with Gasteiger partial charge in [-0.15, -0.1) is 0 Å². The number of carboxylic acids is 1. The van der Waals surface area contributed by atoms with Crippen LogP contribution < -0.4 is 9.47 Å². The molecule has 1 unspecified atom stereocenters. The zero-order valence-corrected chi connectivity index (χ0v) is 11.9. The summed E-state index contributed by atoms with van der Waals surface area (Å²) in [7, 11) is 1.47. The molecular weight excluding hydrogens is 280 g/mol. The molecule has 2 rings (SSSR count). The lowest BCUT2D eigenvalue weighted by Gasteiger charge is -2.23. The van der Waals surface area contributed by atoms with Crippen LogP contribution in [-0.2, 0) is 4.79 Å². The zero-order chi connectivity index (χ0) is 14.5. The van der Waals surface area contributed by atoms with Crippen molar-refractivity contribution < 1.29 is 24.2 Å². The van der Waals surface area contributed by atoms with Gasteiger partial charge >= 0.3 is 5.97 Å². The molecule has 1 atom stereocenters. The largest absolute Gasteiger partial charge is 0.493 e. The smallest absolute Gasteiger partial charge is 0.377 e. The first kappa shape index (κ1) is 14.7. The van der Waals surface area contributed by atoms with E-state index in [-0.39, 0.29) is 11.7 Å². The number of carbonyl (C=O) groups is 2. The highest BCUT2D eigenvalue weighted by molar-refractivity contribution is 7.99. The molecule has 0 aromatic heterocycles. The molecular formula is C14H16O5S. The Kier molecular flexibility index (Phi) is 4.89. The van der Waals surface area contributed by atoms with E-state index in [4.69, 9.17) is 14.6 Å². The molecule has 1 aromatic carbocycles. The molecule has 0 radical (unpaired) electrons. The van der Waals surface area contributed by atoms with Crippen molar-refractivity contribution in [3.8, 4) is 11.5 Å². The second kappa shape index (κ2) is 6.65. The fourth-order valence-electron chi connectivity index (χ4n) is 2.01. The lowest BCUT2D eigenvalue weighted by atomic mass is 10.1. The fourth-order valence-corrected chi connectivity index (χ4v) is 3.05. The minimum atomic E-state index is -1.48. The quantitative estimate of drug-likeness (QED) is 0.663. The Morgan fingerprint density at radius 3 is 2.75 bits per heavy atom. The number of benzene rings is 1. The van der Waals surface area contributed by atoms with E-state index in [0.717, 1.165) is 24.3 Å². The number of methoxy groups -OCH3 is 1. The Labute approximate surface area is 121 Å². The number of hydrogen-bond donors (Lipinski definition) is 1. The topological polar surface area (TPSA) is 72.8 Å². The average Bonchev–Trinajstić information content (AvgIpc) is 2.48. The molecule has 1 fully saturated rings. The number of aliphatic carboxylic acids is 1. The Hall–Kier alpha value is -1.69. The van der Waals surface area contributed by atoms with E-state index < -0.39 is 11.8 Å². The van der Waals surface area contributed by atoms with E-state index >= 15 is 0 Å². The number of Topliss-reactive ketones (excluding diaryl/α,β-unsaturated/α-hetero) is 1. The monoisotopic (exact) mass is 296 g/mol. The molecule has 0 aliphatic carbocycles. The average molecular weight is 296 g/mol. The molecule has 1 aliphatic heterocycles. The number of ketones is 1. The summed E-state index contributed by atoms with van der Waals surface area (Å²) < 4.78 is 11.0. The molecule has 0 bridgehead atoms. The van der Waals surface area contributed by atoms with Gasteiger partial charge in [-0.25, -0.2) is 4.79 Å². The second-order valence-corrected chi connectivity index (χ2v) is 5.61. The van der Waals surface area contributed by atoms with Gasteiger partial charge in [-0.2, -0.15) is 11.8 Å². The molecule has 0 amide bonds. The summed E-state index contributed by atoms with van der Waals surface area (Å²) in [5.74, 6) is 0.573. The number of hydrogen-bond acceptors (Lipinski definition) is 5. The molecule has 5 nitrogen and oxygen atoms in total. The van der Waals surface area contributed by atoms with Crippen LogP contribution in [0.3, 0.4) is 0 Å². The molecule has 1 heterocycles. The van der Waals surface area contributed by atoms with Crippen LogP contribution in [0.1, 0.15) is 23.2 Å². The first-order chi connectivity index (χ1) is 9.61. The molecule has 0 saturated carbocycles. The van der Waals surface area contributed by atoms with Crippen LogP contribution in [0.15, 0.2) is 18.2 Å². The lowest BCUT2D eigenvalue weighted by molar-refractivity contribution is -0.131.